The van der Waals surface area contributed by atoms with E-state index in [1.165, 1.54) is 4.31 Å². The van der Waals surface area contributed by atoms with Gasteiger partial charge in [0.15, 0.2) is 5.76 Å². The number of sulfonamides is 1. The summed E-state index contributed by atoms with van der Waals surface area (Å²) < 4.78 is 38.0. The molecule has 1 fully saturated rings. The lowest BCUT2D eigenvalue weighted by molar-refractivity contribution is 0.0730. The molecule has 0 radical (unpaired) electrons. The lowest BCUT2D eigenvalue weighted by Gasteiger charge is -2.26. The van der Waals surface area contributed by atoms with Gasteiger partial charge in [0, 0.05) is 36.1 Å². The van der Waals surface area contributed by atoms with Crippen LogP contribution in [-0.2, 0) is 14.8 Å². The summed E-state index contributed by atoms with van der Waals surface area (Å²) in [6, 6.07) is 8.85. The summed E-state index contributed by atoms with van der Waals surface area (Å²) in [5.41, 5.74) is 2.35. The lowest BCUT2D eigenvalue weighted by Crippen LogP contribution is -2.40. The van der Waals surface area contributed by atoms with Gasteiger partial charge in [0.05, 0.1) is 19.4 Å². The average Bonchev–Trinajstić information content (AvgIpc) is 3.37. The normalized spacial score (nSPS) is 15.3. The maximum absolute atomic E-state index is 13.1. The summed E-state index contributed by atoms with van der Waals surface area (Å²) in [7, 11) is -3.72. The first kappa shape index (κ1) is 20.3. The Hall–Kier alpha value is -2.95. The van der Waals surface area contributed by atoms with Crippen LogP contribution in [0.4, 0.5) is 5.69 Å². The van der Waals surface area contributed by atoms with E-state index >= 15 is 0 Å². The van der Waals surface area contributed by atoms with Crippen molar-refractivity contribution in [2.24, 2.45) is 0 Å². The van der Waals surface area contributed by atoms with Gasteiger partial charge in [0.1, 0.15) is 10.6 Å². The van der Waals surface area contributed by atoms with E-state index in [0.717, 1.165) is 5.56 Å². The van der Waals surface area contributed by atoms with Gasteiger partial charge >= 0.3 is 0 Å². The zero-order chi connectivity index (χ0) is 21.3. The Balaban J connectivity index is 1.60. The van der Waals surface area contributed by atoms with Crippen molar-refractivity contribution in [2.75, 3.05) is 31.6 Å². The summed E-state index contributed by atoms with van der Waals surface area (Å²) in [4.78, 5) is 16.0. The number of hydrogen-bond donors (Lipinski definition) is 2. The van der Waals surface area contributed by atoms with E-state index in [4.69, 9.17) is 9.26 Å². The van der Waals surface area contributed by atoms with Gasteiger partial charge < -0.3 is 19.6 Å². The van der Waals surface area contributed by atoms with Crippen LogP contribution in [0.2, 0.25) is 0 Å². The van der Waals surface area contributed by atoms with Gasteiger partial charge in [0.2, 0.25) is 10.0 Å². The number of morpholine rings is 1. The molecular weight excluding hydrogens is 408 g/mol. The molecule has 1 aliphatic heterocycles. The third-order valence-corrected chi connectivity index (χ3v) is 7.18. The van der Waals surface area contributed by atoms with Crippen LogP contribution < -0.4 is 5.32 Å². The molecule has 2 aromatic heterocycles. The number of anilines is 1. The van der Waals surface area contributed by atoms with E-state index < -0.39 is 15.9 Å². The first-order chi connectivity index (χ1) is 14.4. The molecular formula is C20H22N4O5S. The molecule has 0 saturated carbocycles. The Morgan fingerprint density at radius 3 is 2.67 bits per heavy atom. The minimum atomic E-state index is -3.72. The standard InChI is InChI=1S/C20H22N4O5S/c1-13-18(22-14(2)19(13)30(26,27)24-8-10-28-11-9-24)20(25)23-16-5-3-4-15(12-16)17-6-7-21-29-17/h3-7,12,22H,8-11H2,1-2H3,(H,23,25). The second kappa shape index (κ2) is 8.05. The molecule has 0 spiro atoms. The first-order valence-corrected chi connectivity index (χ1v) is 10.9. The maximum Gasteiger partial charge on any atom is 0.272 e. The van der Waals surface area contributed by atoms with Crippen molar-refractivity contribution in [1.29, 1.82) is 0 Å². The molecule has 1 aromatic carbocycles. The van der Waals surface area contributed by atoms with Crippen LogP contribution in [0.3, 0.4) is 0 Å². The van der Waals surface area contributed by atoms with E-state index in [2.05, 4.69) is 15.5 Å². The largest absolute Gasteiger partial charge is 0.379 e. The molecule has 3 aromatic rings. The SMILES string of the molecule is Cc1[nH]c(C(=O)Nc2cccc(-c3ccno3)c2)c(C)c1S(=O)(=O)N1CCOCC1. The highest BCUT2D eigenvalue weighted by molar-refractivity contribution is 7.89. The minimum Gasteiger partial charge on any atom is -0.379 e. The molecule has 158 valence electrons. The number of nitrogens with zero attached hydrogens (tertiary/aromatic N) is 2. The number of rotatable bonds is 5. The molecule has 3 heterocycles. The van der Waals surface area contributed by atoms with Gasteiger partial charge in [-0.1, -0.05) is 17.3 Å². The van der Waals surface area contributed by atoms with Crippen molar-refractivity contribution in [3.8, 4) is 11.3 Å². The van der Waals surface area contributed by atoms with E-state index in [9.17, 15) is 13.2 Å². The summed E-state index contributed by atoms with van der Waals surface area (Å²) in [5, 5.41) is 6.50. The van der Waals surface area contributed by atoms with E-state index in [-0.39, 0.29) is 10.6 Å². The van der Waals surface area contributed by atoms with Crippen LogP contribution in [0.25, 0.3) is 11.3 Å². The van der Waals surface area contributed by atoms with Gasteiger partial charge in [-0.25, -0.2) is 8.42 Å². The number of aryl methyl sites for hydroxylation is 1. The van der Waals surface area contributed by atoms with Crippen LogP contribution in [0.1, 0.15) is 21.7 Å². The van der Waals surface area contributed by atoms with E-state index in [1.807, 2.05) is 6.07 Å². The Bertz CT molecular complexity index is 1160. The third kappa shape index (κ3) is 3.76. The molecule has 0 bridgehead atoms. The molecule has 4 rings (SSSR count). The Morgan fingerprint density at radius 1 is 1.20 bits per heavy atom. The zero-order valence-electron chi connectivity index (χ0n) is 16.6. The summed E-state index contributed by atoms with van der Waals surface area (Å²) >= 11 is 0. The summed E-state index contributed by atoms with van der Waals surface area (Å²) in [6.45, 7) is 4.59. The summed E-state index contributed by atoms with van der Waals surface area (Å²) in [6.07, 6.45) is 1.54. The first-order valence-electron chi connectivity index (χ1n) is 9.47. The van der Waals surface area contributed by atoms with Crippen LogP contribution >= 0.6 is 0 Å². The molecule has 0 atom stereocenters. The fraction of sp³-hybridized carbons (Fsp3) is 0.300. The number of benzene rings is 1. The highest BCUT2D eigenvalue weighted by Crippen LogP contribution is 2.28. The molecule has 0 unspecified atom stereocenters. The molecule has 1 aliphatic rings. The van der Waals surface area contributed by atoms with Gasteiger partial charge in [0.25, 0.3) is 5.91 Å². The van der Waals surface area contributed by atoms with E-state index in [0.29, 0.717) is 49.0 Å². The smallest absolute Gasteiger partial charge is 0.272 e. The topological polar surface area (TPSA) is 118 Å². The fourth-order valence-corrected chi connectivity index (χ4v) is 5.39. The number of aromatic amines is 1. The van der Waals surface area contributed by atoms with Crippen molar-refractivity contribution in [2.45, 2.75) is 18.7 Å². The number of hydrogen-bond acceptors (Lipinski definition) is 6. The van der Waals surface area contributed by atoms with Gasteiger partial charge in [-0.2, -0.15) is 4.31 Å². The Morgan fingerprint density at radius 2 is 1.97 bits per heavy atom. The Kier molecular flexibility index (Phi) is 5.46. The molecule has 2 N–H and O–H groups in total. The van der Waals surface area contributed by atoms with Crippen molar-refractivity contribution in [3.05, 3.63) is 53.5 Å². The average molecular weight is 430 g/mol. The molecule has 9 nitrogen and oxygen atoms in total. The van der Waals surface area contributed by atoms with Crippen molar-refractivity contribution in [3.63, 3.8) is 0 Å². The molecule has 30 heavy (non-hydrogen) atoms. The lowest BCUT2D eigenvalue weighted by atomic mass is 10.1. The number of carbonyl (C=O) groups excluding carboxylic acids is 1. The maximum atomic E-state index is 13.1. The predicted molar refractivity (Wildman–Crippen MR) is 110 cm³/mol. The fourth-order valence-electron chi connectivity index (χ4n) is 3.57. The van der Waals surface area contributed by atoms with Crippen LogP contribution in [0.15, 0.2) is 45.9 Å². The van der Waals surface area contributed by atoms with Crippen molar-refractivity contribution in [1.82, 2.24) is 14.4 Å². The molecule has 1 saturated heterocycles. The second-order valence-electron chi connectivity index (χ2n) is 7.01. The summed E-state index contributed by atoms with van der Waals surface area (Å²) in [5.74, 6) is 0.158. The molecule has 0 aliphatic carbocycles. The highest BCUT2D eigenvalue weighted by Gasteiger charge is 2.32. The van der Waals surface area contributed by atoms with Crippen LogP contribution in [0.5, 0.6) is 0 Å². The van der Waals surface area contributed by atoms with Crippen LogP contribution in [-0.4, -0.2) is 55.1 Å². The number of carbonyl (C=O) groups is 1. The van der Waals surface area contributed by atoms with E-state index in [1.54, 1.807) is 44.3 Å². The monoisotopic (exact) mass is 430 g/mol. The Labute approximate surface area is 174 Å². The van der Waals surface area contributed by atoms with Gasteiger partial charge in [-0.15, -0.1) is 0 Å². The number of H-pyrrole nitrogens is 1. The third-order valence-electron chi connectivity index (χ3n) is 5.01. The molecule has 10 heteroatoms. The van der Waals surface area contributed by atoms with Gasteiger partial charge in [-0.3, -0.25) is 4.79 Å². The quantitative estimate of drug-likeness (QED) is 0.642. The minimum absolute atomic E-state index is 0.143. The number of amides is 1. The molecule has 1 amide bonds. The zero-order valence-corrected chi connectivity index (χ0v) is 17.5. The number of ether oxygens (including phenoxy) is 1. The predicted octanol–water partition coefficient (Wildman–Crippen LogP) is 2.56. The van der Waals surface area contributed by atoms with Crippen molar-refractivity contribution < 1.29 is 22.5 Å². The van der Waals surface area contributed by atoms with Crippen LogP contribution in [0, 0.1) is 13.8 Å². The second-order valence-corrected chi connectivity index (χ2v) is 8.88. The highest BCUT2D eigenvalue weighted by atomic mass is 32.2. The van der Waals surface area contributed by atoms with Crippen molar-refractivity contribution >= 4 is 21.6 Å². The number of nitrogens with one attached hydrogen (secondary N) is 2. The van der Waals surface area contributed by atoms with Gasteiger partial charge in [-0.05, 0) is 31.5 Å². The number of aromatic nitrogens is 2.